The predicted molar refractivity (Wildman–Crippen MR) is 127 cm³/mol. The molecule has 4 aromatic rings. The van der Waals surface area contributed by atoms with Crippen LogP contribution < -0.4 is 10.9 Å². The van der Waals surface area contributed by atoms with Gasteiger partial charge in [-0.05, 0) is 49.4 Å². The van der Waals surface area contributed by atoms with Crippen LogP contribution in [0.2, 0.25) is 5.02 Å². The minimum Gasteiger partial charge on any atom is -0.352 e. The number of aromatic nitrogens is 3. The van der Waals surface area contributed by atoms with Crippen LogP contribution in [0.15, 0.2) is 59.7 Å². The minimum atomic E-state index is -0.0570. The van der Waals surface area contributed by atoms with E-state index < -0.39 is 0 Å². The third kappa shape index (κ3) is 3.58. The van der Waals surface area contributed by atoms with Gasteiger partial charge in [-0.25, -0.2) is 4.98 Å². The van der Waals surface area contributed by atoms with E-state index in [2.05, 4.69) is 10.3 Å². The van der Waals surface area contributed by atoms with Gasteiger partial charge in [-0.2, -0.15) is 0 Å². The van der Waals surface area contributed by atoms with Gasteiger partial charge in [0, 0.05) is 30.6 Å². The monoisotopic (exact) mass is 448 g/mol. The number of imidazole rings is 1. The second-order valence-electron chi connectivity index (χ2n) is 8.62. The van der Waals surface area contributed by atoms with E-state index in [4.69, 9.17) is 11.6 Å². The van der Waals surface area contributed by atoms with Crippen LogP contribution in [0.5, 0.6) is 0 Å². The second kappa shape index (κ2) is 8.43. The van der Waals surface area contributed by atoms with Gasteiger partial charge in [-0.3, -0.25) is 9.59 Å². The Morgan fingerprint density at radius 1 is 1.16 bits per heavy atom. The number of amides is 1. The molecule has 1 amide bonds. The highest BCUT2D eigenvalue weighted by Crippen LogP contribution is 2.36. The Morgan fingerprint density at radius 3 is 2.78 bits per heavy atom. The summed E-state index contributed by atoms with van der Waals surface area (Å²) in [6.07, 6.45) is 5.47. The van der Waals surface area contributed by atoms with E-state index in [0.717, 1.165) is 36.6 Å². The molecule has 1 N–H and O–H groups in total. The summed E-state index contributed by atoms with van der Waals surface area (Å²) in [4.78, 5) is 30.5. The zero-order valence-corrected chi connectivity index (χ0v) is 18.7. The molecule has 1 aliphatic carbocycles. The molecule has 2 heterocycles. The summed E-state index contributed by atoms with van der Waals surface area (Å²) >= 11 is 6.57. The maximum absolute atomic E-state index is 13.6. The predicted octanol–water partition coefficient (Wildman–Crippen LogP) is 4.70. The van der Waals surface area contributed by atoms with Gasteiger partial charge in [0.2, 0.25) is 0 Å². The van der Waals surface area contributed by atoms with E-state index in [1.807, 2.05) is 60.1 Å². The van der Waals surface area contributed by atoms with Gasteiger partial charge in [-0.15, -0.1) is 0 Å². The maximum atomic E-state index is 13.6. The van der Waals surface area contributed by atoms with E-state index in [1.54, 1.807) is 10.9 Å². The Morgan fingerprint density at radius 2 is 1.97 bits per heavy atom. The van der Waals surface area contributed by atoms with Crippen LogP contribution in [-0.2, 0) is 7.05 Å². The Hall–Kier alpha value is -3.12. The van der Waals surface area contributed by atoms with Gasteiger partial charge < -0.3 is 14.5 Å². The molecule has 2 unspecified atom stereocenters. The fraction of sp³-hybridized carbons (Fsp3) is 0.320. The number of hydrogen-bond donors (Lipinski definition) is 1. The second-order valence-corrected chi connectivity index (χ2v) is 9.03. The lowest BCUT2D eigenvalue weighted by atomic mass is 9.85. The van der Waals surface area contributed by atoms with Crippen LogP contribution in [-0.4, -0.2) is 26.6 Å². The fourth-order valence-electron chi connectivity index (χ4n) is 5.01. The molecule has 1 aliphatic rings. The topological polar surface area (TPSA) is 68.9 Å². The molecule has 0 bridgehead atoms. The molecule has 0 spiro atoms. The zero-order valence-electron chi connectivity index (χ0n) is 17.9. The number of halogens is 1. The zero-order chi connectivity index (χ0) is 22.2. The number of pyridine rings is 1. The lowest BCUT2D eigenvalue weighted by Crippen LogP contribution is -2.35. The SMILES string of the molecule is Cn1cnc2c3c(Cl)cccc3n(C3CCCC(CNC(=O)c4ccccc4)C3)c(=O)c21. The van der Waals surface area contributed by atoms with Crippen molar-refractivity contribution in [3.8, 4) is 0 Å². The molecular weight excluding hydrogens is 424 g/mol. The summed E-state index contributed by atoms with van der Waals surface area (Å²) in [5, 5.41) is 4.50. The van der Waals surface area contributed by atoms with Gasteiger partial charge in [0.1, 0.15) is 11.0 Å². The largest absolute Gasteiger partial charge is 0.352 e. The van der Waals surface area contributed by atoms with Gasteiger partial charge in [0.15, 0.2) is 0 Å². The first kappa shape index (κ1) is 20.8. The highest BCUT2D eigenvalue weighted by atomic mass is 35.5. The summed E-state index contributed by atoms with van der Waals surface area (Å²) in [6.45, 7) is 0.603. The highest BCUT2D eigenvalue weighted by Gasteiger charge is 2.27. The molecule has 0 aliphatic heterocycles. The molecule has 0 saturated heterocycles. The summed E-state index contributed by atoms with van der Waals surface area (Å²) in [7, 11) is 1.84. The molecule has 2 aromatic heterocycles. The lowest BCUT2D eigenvalue weighted by molar-refractivity contribution is 0.0940. The maximum Gasteiger partial charge on any atom is 0.277 e. The number of carbonyl (C=O) groups is 1. The molecule has 32 heavy (non-hydrogen) atoms. The van der Waals surface area contributed by atoms with E-state index >= 15 is 0 Å². The fourth-order valence-corrected chi connectivity index (χ4v) is 5.27. The quantitative estimate of drug-likeness (QED) is 0.492. The number of carbonyl (C=O) groups excluding carboxylic acids is 1. The van der Waals surface area contributed by atoms with Crippen molar-refractivity contribution < 1.29 is 4.79 Å². The summed E-state index contributed by atoms with van der Waals surface area (Å²) in [5.74, 6) is 0.253. The van der Waals surface area contributed by atoms with E-state index in [1.165, 1.54) is 0 Å². The number of benzene rings is 2. The van der Waals surface area contributed by atoms with Crippen LogP contribution in [0.4, 0.5) is 0 Å². The first-order valence-corrected chi connectivity index (χ1v) is 11.4. The molecular formula is C25H25ClN4O2. The van der Waals surface area contributed by atoms with Gasteiger partial charge >= 0.3 is 0 Å². The molecule has 2 atom stereocenters. The number of nitrogens with one attached hydrogen (secondary N) is 1. The van der Waals surface area contributed by atoms with Crippen LogP contribution in [0.25, 0.3) is 21.9 Å². The molecule has 7 heteroatoms. The third-order valence-corrected chi connectivity index (χ3v) is 6.87. The van der Waals surface area contributed by atoms with E-state index in [9.17, 15) is 9.59 Å². The van der Waals surface area contributed by atoms with Crippen molar-refractivity contribution in [2.45, 2.75) is 31.7 Å². The Kier molecular flexibility index (Phi) is 5.47. The number of hydrogen-bond acceptors (Lipinski definition) is 3. The normalized spacial score (nSPS) is 18.8. The van der Waals surface area contributed by atoms with Crippen molar-refractivity contribution >= 4 is 39.4 Å². The Balaban J connectivity index is 1.46. The lowest BCUT2D eigenvalue weighted by Gasteiger charge is -2.31. The average molecular weight is 449 g/mol. The summed E-state index contributed by atoms with van der Waals surface area (Å²) < 4.78 is 3.69. The standard InChI is InChI=1S/C25H25ClN4O2/c1-29-15-28-22-21-19(26)11-6-12-20(21)30(25(32)23(22)29)18-10-5-7-16(13-18)14-27-24(31)17-8-3-2-4-9-17/h2-4,6,8-9,11-12,15-16,18H,5,7,10,13-14H2,1H3,(H,27,31). The van der Waals surface area contributed by atoms with E-state index in [0.29, 0.717) is 34.1 Å². The smallest absolute Gasteiger partial charge is 0.277 e. The van der Waals surface area contributed by atoms with Crippen molar-refractivity contribution in [1.82, 2.24) is 19.4 Å². The van der Waals surface area contributed by atoms with Crippen LogP contribution in [0.3, 0.4) is 0 Å². The van der Waals surface area contributed by atoms with Crippen LogP contribution >= 0.6 is 11.6 Å². The molecule has 6 nitrogen and oxygen atoms in total. The van der Waals surface area contributed by atoms with Gasteiger partial charge in [-0.1, -0.05) is 42.3 Å². The average Bonchev–Trinajstić information content (AvgIpc) is 3.20. The van der Waals surface area contributed by atoms with Crippen molar-refractivity contribution in [2.75, 3.05) is 6.54 Å². The van der Waals surface area contributed by atoms with Crippen molar-refractivity contribution in [3.05, 3.63) is 75.8 Å². The van der Waals surface area contributed by atoms with Crippen molar-refractivity contribution in [1.29, 1.82) is 0 Å². The van der Waals surface area contributed by atoms with Gasteiger partial charge in [0.05, 0.1) is 16.9 Å². The third-order valence-electron chi connectivity index (χ3n) is 6.55. The molecule has 164 valence electrons. The Labute approximate surface area is 190 Å². The molecule has 1 saturated carbocycles. The first-order valence-electron chi connectivity index (χ1n) is 11.0. The van der Waals surface area contributed by atoms with E-state index in [-0.39, 0.29) is 17.5 Å². The molecule has 5 rings (SSSR count). The molecule has 2 aromatic carbocycles. The van der Waals surface area contributed by atoms with Crippen molar-refractivity contribution in [2.24, 2.45) is 13.0 Å². The van der Waals surface area contributed by atoms with Crippen molar-refractivity contribution in [3.63, 3.8) is 0 Å². The number of fused-ring (bicyclic) bond motifs is 3. The molecule has 0 radical (unpaired) electrons. The van der Waals surface area contributed by atoms with Crippen LogP contribution in [0.1, 0.15) is 42.1 Å². The number of nitrogens with zero attached hydrogens (tertiary/aromatic N) is 3. The summed E-state index contributed by atoms with van der Waals surface area (Å²) in [6, 6.07) is 15.0. The Bertz CT molecular complexity index is 1360. The summed E-state index contributed by atoms with van der Waals surface area (Å²) in [5.41, 5.74) is 2.68. The first-order chi connectivity index (χ1) is 15.5. The van der Waals surface area contributed by atoms with Gasteiger partial charge in [0.25, 0.3) is 11.5 Å². The van der Waals surface area contributed by atoms with Crippen LogP contribution in [0, 0.1) is 5.92 Å². The number of aryl methyl sites for hydroxylation is 1. The molecule has 1 fully saturated rings. The number of rotatable bonds is 4. The minimum absolute atomic E-state index is 0.0336. The highest BCUT2D eigenvalue weighted by molar-refractivity contribution is 6.37.